The number of rotatable bonds is 6. The van der Waals surface area contributed by atoms with Crippen molar-refractivity contribution in [3.63, 3.8) is 0 Å². The Labute approximate surface area is 132 Å². The van der Waals surface area contributed by atoms with Crippen molar-refractivity contribution in [1.29, 1.82) is 0 Å². The number of hydrogen-bond acceptors (Lipinski definition) is 3. The number of halogens is 3. The average Bonchev–Trinajstić information content (AvgIpc) is 2.76. The van der Waals surface area contributed by atoms with E-state index in [9.17, 15) is 4.39 Å². The summed E-state index contributed by atoms with van der Waals surface area (Å²) in [6, 6.07) is 2.96. The molecule has 114 valence electrons. The van der Waals surface area contributed by atoms with Gasteiger partial charge >= 0.3 is 0 Å². The van der Waals surface area contributed by atoms with Crippen molar-refractivity contribution in [3.8, 4) is 0 Å². The summed E-state index contributed by atoms with van der Waals surface area (Å²) in [7, 11) is 1.67. The lowest BCUT2D eigenvalue weighted by Gasteiger charge is -2.10. The molecule has 0 spiro atoms. The molecule has 4 nitrogen and oxygen atoms in total. The van der Waals surface area contributed by atoms with Crippen molar-refractivity contribution in [2.75, 3.05) is 19.0 Å². The first-order chi connectivity index (χ1) is 10.0. The molecule has 0 unspecified atom stereocenters. The van der Waals surface area contributed by atoms with Crippen molar-refractivity contribution < 1.29 is 9.13 Å². The second-order valence-electron chi connectivity index (χ2n) is 4.62. The summed E-state index contributed by atoms with van der Waals surface area (Å²) < 4.78 is 20.4. The van der Waals surface area contributed by atoms with E-state index in [0.717, 1.165) is 18.7 Å². The van der Waals surface area contributed by atoms with E-state index in [1.165, 1.54) is 12.1 Å². The molecule has 0 atom stereocenters. The molecule has 0 saturated heterocycles. The zero-order chi connectivity index (χ0) is 15.4. The molecular weight excluding hydrogens is 316 g/mol. The van der Waals surface area contributed by atoms with Crippen LogP contribution < -0.4 is 5.32 Å². The highest BCUT2D eigenvalue weighted by Gasteiger charge is 2.10. The maximum atomic E-state index is 13.4. The van der Waals surface area contributed by atoms with Crippen LogP contribution in [0, 0.1) is 12.7 Å². The Bertz CT molecular complexity index is 608. The standard InChI is InChI=1S/C14H16Cl2FN3O/c1-9-8-20(4-3-5-21-2)14(18-9)19-10-6-11(15)13(17)12(16)7-10/h6-8H,3-5H2,1-2H3,(H,18,19). The van der Waals surface area contributed by atoms with Gasteiger partial charge in [0.2, 0.25) is 5.95 Å². The molecule has 21 heavy (non-hydrogen) atoms. The number of aromatic nitrogens is 2. The summed E-state index contributed by atoms with van der Waals surface area (Å²) in [6.07, 6.45) is 2.80. The third kappa shape index (κ3) is 4.09. The lowest BCUT2D eigenvalue weighted by molar-refractivity contribution is 0.190. The molecule has 7 heteroatoms. The highest BCUT2D eigenvalue weighted by atomic mass is 35.5. The third-order valence-corrected chi connectivity index (χ3v) is 3.43. The first kappa shape index (κ1) is 16.1. The molecule has 0 bridgehead atoms. The van der Waals surface area contributed by atoms with Crippen LogP contribution in [0.3, 0.4) is 0 Å². The Balaban J connectivity index is 2.19. The van der Waals surface area contributed by atoms with Crippen LogP contribution in [-0.4, -0.2) is 23.3 Å². The van der Waals surface area contributed by atoms with Gasteiger partial charge in [0.25, 0.3) is 0 Å². The van der Waals surface area contributed by atoms with Gasteiger partial charge in [-0.05, 0) is 25.5 Å². The van der Waals surface area contributed by atoms with E-state index in [1.807, 2.05) is 17.7 Å². The van der Waals surface area contributed by atoms with Gasteiger partial charge in [-0.3, -0.25) is 0 Å². The van der Waals surface area contributed by atoms with Gasteiger partial charge in [0.05, 0.1) is 15.7 Å². The molecule has 0 aliphatic heterocycles. The second kappa shape index (κ2) is 7.11. The summed E-state index contributed by atoms with van der Waals surface area (Å²) in [4.78, 5) is 4.40. The summed E-state index contributed by atoms with van der Waals surface area (Å²) in [5, 5.41) is 3.05. The molecular formula is C14H16Cl2FN3O. The predicted octanol–water partition coefficient (Wildman–Crippen LogP) is 4.42. The molecule has 0 amide bonds. The monoisotopic (exact) mass is 331 g/mol. The SMILES string of the molecule is COCCCn1cc(C)nc1Nc1cc(Cl)c(F)c(Cl)c1. The maximum Gasteiger partial charge on any atom is 0.207 e. The average molecular weight is 332 g/mol. The number of benzene rings is 1. The summed E-state index contributed by atoms with van der Waals surface area (Å²) in [5.41, 5.74) is 1.47. The van der Waals surface area contributed by atoms with Gasteiger partial charge in [-0.1, -0.05) is 23.2 Å². The Morgan fingerprint density at radius 1 is 1.33 bits per heavy atom. The minimum absolute atomic E-state index is 0.0285. The van der Waals surface area contributed by atoms with Crippen molar-refractivity contribution in [1.82, 2.24) is 9.55 Å². The molecule has 1 heterocycles. The zero-order valence-corrected chi connectivity index (χ0v) is 13.3. The number of methoxy groups -OCH3 is 1. The normalized spacial score (nSPS) is 10.9. The minimum atomic E-state index is -0.622. The zero-order valence-electron chi connectivity index (χ0n) is 11.8. The summed E-state index contributed by atoms with van der Waals surface area (Å²) in [6.45, 7) is 3.34. The van der Waals surface area contributed by atoms with Crippen LogP contribution in [0.5, 0.6) is 0 Å². The minimum Gasteiger partial charge on any atom is -0.385 e. The Hall–Kier alpha value is -1.30. The number of nitrogens with one attached hydrogen (secondary N) is 1. The highest BCUT2D eigenvalue weighted by Crippen LogP contribution is 2.29. The van der Waals surface area contributed by atoms with Gasteiger partial charge < -0.3 is 14.6 Å². The first-order valence-electron chi connectivity index (χ1n) is 6.45. The van der Waals surface area contributed by atoms with Gasteiger partial charge in [0.15, 0.2) is 5.82 Å². The number of hydrogen-bond donors (Lipinski definition) is 1. The van der Waals surface area contributed by atoms with Crippen molar-refractivity contribution in [3.05, 3.63) is 39.9 Å². The molecule has 0 aliphatic carbocycles. The molecule has 1 aromatic carbocycles. The molecule has 0 saturated carbocycles. The van der Waals surface area contributed by atoms with Crippen LogP contribution in [0.25, 0.3) is 0 Å². The van der Waals surface area contributed by atoms with E-state index in [-0.39, 0.29) is 10.0 Å². The molecule has 2 aromatic rings. The van der Waals surface area contributed by atoms with Crippen LogP contribution in [0.15, 0.2) is 18.3 Å². The van der Waals surface area contributed by atoms with E-state index in [4.69, 9.17) is 27.9 Å². The number of anilines is 2. The quantitative estimate of drug-likeness (QED) is 0.629. The fraction of sp³-hybridized carbons (Fsp3) is 0.357. The van der Waals surface area contributed by atoms with Crippen LogP contribution in [0.2, 0.25) is 10.0 Å². The highest BCUT2D eigenvalue weighted by molar-refractivity contribution is 6.35. The molecule has 0 aliphatic rings. The first-order valence-corrected chi connectivity index (χ1v) is 7.21. The molecule has 1 aromatic heterocycles. The van der Waals surface area contributed by atoms with E-state index in [0.29, 0.717) is 18.2 Å². The van der Waals surface area contributed by atoms with E-state index in [1.54, 1.807) is 7.11 Å². The molecule has 1 N–H and O–H groups in total. The van der Waals surface area contributed by atoms with Gasteiger partial charge in [0.1, 0.15) is 0 Å². The number of imidazole rings is 1. The summed E-state index contributed by atoms with van der Waals surface area (Å²) in [5.74, 6) is 0.0332. The lowest BCUT2D eigenvalue weighted by atomic mass is 10.3. The Morgan fingerprint density at radius 2 is 2.00 bits per heavy atom. The predicted molar refractivity (Wildman–Crippen MR) is 83.2 cm³/mol. The van der Waals surface area contributed by atoms with E-state index in [2.05, 4.69) is 10.3 Å². The van der Waals surface area contributed by atoms with E-state index >= 15 is 0 Å². The Morgan fingerprint density at radius 3 is 2.62 bits per heavy atom. The smallest absolute Gasteiger partial charge is 0.207 e. The second-order valence-corrected chi connectivity index (χ2v) is 5.44. The fourth-order valence-electron chi connectivity index (χ4n) is 1.95. The lowest BCUT2D eigenvalue weighted by Crippen LogP contribution is -2.05. The molecule has 0 fully saturated rings. The van der Waals surface area contributed by atoms with Gasteiger partial charge in [0, 0.05) is 32.1 Å². The van der Waals surface area contributed by atoms with Crippen LogP contribution in [0.1, 0.15) is 12.1 Å². The van der Waals surface area contributed by atoms with Crippen molar-refractivity contribution >= 4 is 34.8 Å². The van der Waals surface area contributed by atoms with Crippen molar-refractivity contribution in [2.45, 2.75) is 19.9 Å². The van der Waals surface area contributed by atoms with Crippen LogP contribution in [0.4, 0.5) is 16.0 Å². The fourth-order valence-corrected chi connectivity index (χ4v) is 2.44. The van der Waals surface area contributed by atoms with Crippen LogP contribution >= 0.6 is 23.2 Å². The van der Waals surface area contributed by atoms with Gasteiger partial charge in [-0.2, -0.15) is 0 Å². The third-order valence-electron chi connectivity index (χ3n) is 2.88. The largest absolute Gasteiger partial charge is 0.385 e. The number of nitrogens with zero attached hydrogens (tertiary/aromatic N) is 2. The molecule has 0 radical (unpaired) electrons. The molecule has 2 rings (SSSR count). The van der Waals surface area contributed by atoms with Crippen molar-refractivity contribution in [2.24, 2.45) is 0 Å². The van der Waals surface area contributed by atoms with Gasteiger partial charge in [-0.25, -0.2) is 9.37 Å². The van der Waals surface area contributed by atoms with Crippen LogP contribution in [-0.2, 0) is 11.3 Å². The Kier molecular flexibility index (Phi) is 5.45. The van der Waals surface area contributed by atoms with E-state index < -0.39 is 5.82 Å². The summed E-state index contributed by atoms with van der Waals surface area (Å²) >= 11 is 11.6. The maximum absolute atomic E-state index is 13.4. The topological polar surface area (TPSA) is 39.1 Å². The number of ether oxygens (including phenoxy) is 1. The number of aryl methyl sites for hydroxylation is 2. The van der Waals surface area contributed by atoms with Gasteiger partial charge in [-0.15, -0.1) is 0 Å².